The van der Waals surface area contributed by atoms with Crippen LogP contribution >= 0.6 is 0 Å². The van der Waals surface area contributed by atoms with Crippen molar-refractivity contribution >= 4 is 17.7 Å². The van der Waals surface area contributed by atoms with Gasteiger partial charge in [0.15, 0.2) is 5.78 Å². The van der Waals surface area contributed by atoms with Gasteiger partial charge in [-0.3, -0.25) is 14.4 Å². The van der Waals surface area contributed by atoms with E-state index in [-0.39, 0.29) is 11.4 Å². The Labute approximate surface area is 206 Å². The highest BCUT2D eigenvalue weighted by Gasteiger charge is 2.64. The number of hydrogen-bond donors (Lipinski definition) is 0. The van der Waals surface area contributed by atoms with Crippen LogP contribution in [-0.4, -0.2) is 24.0 Å². The second kappa shape index (κ2) is 11.6. The Hall–Kier alpha value is -2.09. The van der Waals surface area contributed by atoms with Gasteiger partial charge in [-0.1, -0.05) is 26.3 Å². The standard InChI is InChI=1S/C24H34O5.C3H4.C2H6/c1-14(25)28-15(2)29-22(27)24(4)12-10-21-20-7-5-16-13-17(26)6-8-18(16)19(20)9-11-23(21,24)3;1-3-2;1-2/h13,15,18-21H,5-12H2,1-4H3;1H,2H3;1-2H3. The predicted octanol–water partition coefficient (Wildman–Crippen LogP) is 6.25. The minimum atomic E-state index is -0.849. The molecule has 0 aromatic carbocycles. The number of hydrogen-bond acceptors (Lipinski definition) is 5. The molecule has 0 heterocycles. The van der Waals surface area contributed by atoms with Gasteiger partial charge in [-0.15, -0.1) is 12.3 Å². The molecule has 0 spiro atoms. The highest BCUT2D eigenvalue weighted by Crippen LogP contribution is 2.68. The molecule has 0 aromatic rings. The molecule has 7 atom stereocenters. The lowest BCUT2D eigenvalue weighted by Gasteiger charge is -2.55. The van der Waals surface area contributed by atoms with Crippen molar-refractivity contribution in [2.45, 2.75) is 106 Å². The van der Waals surface area contributed by atoms with Crippen molar-refractivity contribution in [2.24, 2.45) is 34.5 Å². The fourth-order valence-electron chi connectivity index (χ4n) is 7.32. The first-order valence-electron chi connectivity index (χ1n) is 13.1. The normalized spacial score (nSPS) is 36.3. The molecule has 0 aromatic heterocycles. The molecule has 3 saturated carbocycles. The Morgan fingerprint density at radius 2 is 1.71 bits per heavy atom. The molecule has 4 aliphatic rings. The first kappa shape index (κ1) is 28.1. The number of carbonyl (C=O) groups is 3. The number of rotatable bonds is 3. The molecule has 0 aliphatic heterocycles. The van der Waals surface area contributed by atoms with Crippen molar-refractivity contribution < 1.29 is 23.9 Å². The maximum Gasteiger partial charge on any atom is 0.315 e. The zero-order valence-electron chi connectivity index (χ0n) is 22.2. The van der Waals surface area contributed by atoms with Crippen molar-refractivity contribution in [2.75, 3.05) is 0 Å². The molecule has 0 amide bonds. The van der Waals surface area contributed by atoms with Crippen LogP contribution in [0.2, 0.25) is 0 Å². The van der Waals surface area contributed by atoms with Crippen LogP contribution in [0.1, 0.15) is 99.8 Å². The molecule has 4 rings (SSSR count). The number of terminal acetylenes is 1. The van der Waals surface area contributed by atoms with E-state index in [1.165, 1.54) is 12.5 Å². The molecular weight excluding hydrogens is 428 g/mol. The second-order valence-electron chi connectivity index (χ2n) is 10.5. The highest BCUT2D eigenvalue weighted by atomic mass is 16.7. The average Bonchev–Trinajstić information content (AvgIpc) is 3.06. The summed E-state index contributed by atoms with van der Waals surface area (Å²) in [5.41, 5.74) is 0.754. The lowest BCUT2D eigenvalue weighted by molar-refractivity contribution is -0.197. The van der Waals surface area contributed by atoms with Gasteiger partial charge in [-0.2, -0.15) is 0 Å². The summed E-state index contributed by atoms with van der Waals surface area (Å²) in [4.78, 5) is 36.2. The topological polar surface area (TPSA) is 69.7 Å². The molecule has 4 aliphatic carbocycles. The van der Waals surface area contributed by atoms with Gasteiger partial charge in [0, 0.05) is 20.3 Å². The SMILES string of the molecule is C#CC.CC.CC(=O)OC(C)OC(=O)C1(C)CCC2C3CCC4=CC(=O)CCC4C3CCC21C. The first-order valence-corrected chi connectivity index (χ1v) is 13.1. The maximum atomic E-state index is 13.2. The van der Waals surface area contributed by atoms with Crippen molar-refractivity contribution in [3.8, 4) is 12.3 Å². The van der Waals surface area contributed by atoms with Crippen molar-refractivity contribution in [1.82, 2.24) is 0 Å². The lowest BCUT2D eigenvalue weighted by atomic mass is 9.49. The first-order chi connectivity index (χ1) is 16.1. The van der Waals surface area contributed by atoms with E-state index in [2.05, 4.69) is 26.2 Å². The van der Waals surface area contributed by atoms with Crippen LogP contribution in [0.3, 0.4) is 0 Å². The number of fused-ring (bicyclic) bond motifs is 5. The zero-order chi connectivity index (χ0) is 25.7. The predicted molar refractivity (Wildman–Crippen MR) is 133 cm³/mol. The van der Waals surface area contributed by atoms with E-state index in [0.717, 1.165) is 44.9 Å². The Balaban J connectivity index is 0.000000758. The van der Waals surface area contributed by atoms with Crippen LogP contribution in [0.4, 0.5) is 0 Å². The van der Waals surface area contributed by atoms with Crippen LogP contribution < -0.4 is 0 Å². The number of carbonyl (C=O) groups excluding carboxylic acids is 3. The highest BCUT2D eigenvalue weighted by molar-refractivity contribution is 5.91. The molecule has 0 bridgehead atoms. The van der Waals surface area contributed by atoms with Gasteiger partial charge in [0.2, 0.25) is 6.29 Å². The smallest absolute Gasteiger partial charge is 0.315 e. The van der Waals surface area contributed by atoms with Gasteiger partial charge in [0.1, 0.15) is 0 Å². The van der Waals surface area contributed by atoms with Gasteiger partial charge in [-0.05, 0) is 94.0 Å². The van der Waals surface area contributed by atoms with E-state index in [0.29, 0.717) is 35.9 Å². The molecule has 0 saturated heterocycles. The Morgan fingerprint density at radius 1 is 1.06 bits per heavy atom. The van der Waals surface area contributed by atoms with Gasteiger partial charge in [-0.25, -0.2) is 0 Å². The van der Waals surface area contributed by atoms with Gasteiger partial charge in [0.25, 0.3) is 0 Å². The quantitative estimate of drug-likeness (QED) is 0.276. The fourth-order valence-corrected chi connectivity index (χ4v) is 7.32. The summed E-state index contributed by atoms with van der Waals surface area (Å²) < 4.78 is 10.6. The van der Waals surface area contributed by atoms with Crippen LogP contribution in [0, 0.1) is 46.8 Å². The molecule has 190 valence electrons. The van der Waals surface area contributed by atoms with Gasteiger partial charge in [0.05, 0.1) is 5.41 Å². The Kier molecular flexibility index (Phi) is 9.57. The summed E-state index contributed by atoms with van der Waals surface area (Å²) in [7, 11) is 0. The molecule has 5 heteroatoms. The summed E-state index contributed by atoms with van der Waals surface area (Å²) in [6.45, 7) is 12.9. The summed E-state index contributed by atoms with van der Waals surface area (Å²) in [6.07, 6.45) is 13.6. The van der Waals surface area contributed by atoms with E-state index < -0.39 is 17.7 Å². The monoisotopic (exact) mass is 472 g/mol. The minimum Gasteiger partial charge on any atom is -0.426 e. The number of ketones is 1. The fraction of sp³-hybridized carbons (Fsp3) is 0.759. The molecule has 34 heavy (non-hydrogen) atoms. The summed E-state index contributed by atoms with van der Waals surface area (Å²) in [5, 5.41) is 0. The van der Waals surface area contributed by atoms with E-state index in [4.69, 9.17) is 9.47 Å². The van der Waals surface area contributed by atoms with Crippen molar-refractivity contribution in [3.05, 3.63) is 11.6 Å². The van der Waals surface area contributed by atoms with Crippen LogP contribution in [0.5, 0.6) is 0 Å². The van der Waals surface area contributed by atoms with Crippen LogP contribution in [0.15, 0.2) is 11.6 Å². The maximum absolute atomic E-state index is 13.2. The molecule has 3 fully saturated rings. The second-order valence-corrected chi connectivity index (χ2v) is 10.5. The lowest BCUT2D eigenvalue weighted by Crippen LogP contribution is -2.52. The summed E-state index contributed by atoms with van der Waals surface area (Å²) in [5.74, 6) is 4.25. The van der Waals surface area contributed by atoms with Crippen molar-refractivity contribution in [3.63, 3.8) is 0 Å². The molecule has 0 N–H and O–H groups in total. The van der Waals surface area contributed by atoms with E-state index >= 15 is 0 Å². The average molecular weight is 473 g/mol. The van der Waals surface area contributed by atoms with Crippen molar-refractivity contribution in [1.29, 1.82) is 0 Å². The molecule has 0 radical (unpaired) electrons. The number of ether oxygens (including phenoxy) is 2. The zero-order valence-corrected chi connectivity index (χ0v) is 22.2. The van der Waals surface area contributed by atoms with Gasteiger partial charge < -0.3 is 9.47 Å². The summed E-state index contributed by atoms with van der Waals surface area (Å²) >= 11 is 0. The van der Waals surface area contributed by atoms with E-state index in [9.17, 15) is 14.4 Å². The van der Waals surface area contributed by atoms with E-state index in [1.807, 2.05) is 19.9 Å². The third kappa shape index (κ3) is 5.26. The Bertz CT molecular complexity index is 836. The van der Waals surface area contributed by atoms with Crippen LogP contribution in [0.25, 0.3) is 0 Å². The third-order valence-corrected chi connectivity index (χ3v) is 8.96. The number of esters is 2. The largest absolute Gasteiger partial charge is 0.426 e. The van der Waals surface area contributed by atoms with Gasteiger partial charge >= 0.3 is 11.9 Å². The molecule has 7 unspecified atom stereocenters. The van der Waals surface area contributed by atoms with Crippen LogP contribution in [-0.2, 0) is 23.9 Å². The Morgan fingerprint density at radius 3 is 2.32 bits per heavy atom. The third-order valence-electron chi connectivity index (χ3n) is 8.96. The minimum absolute atomic E-state index is 0.0904. The molecular formula is C29H44O5. The number of allylic oxidation sites excluding steroid dienone is 1. The summed E-state index contributed by atoms with van der Waals surface area (Å²) in [6, 6.07) is 0. The molecule has 5 nitrogen and oxygen atoms in total. The van der Waals surface area contributed by atoms with E-state index in [1.54, 1.807) is 13.8 Å².